The van der Waals surface area contributed by atoms with Crippen LogP contribution >= 0.6 is 11.3 Å². The van der Waals surface area contributed by atoms with Gasteiger partial charge < -0.3 is 15.5 Å². The van der Waals surface area contributed by atoms with Gasteiger partial charge in [0, 0.05) is 55.6 Å². The van der Waals surface area contributed by atoms with E-state index in [1.807, 2.05) is 30.8 Å². The number of nitrogens with two attached hydrogens (primary N) is 1. The van der Waals surface area contributed by atoms with Gasteiger partial charge in [0.05, 0.1) is 0 Å². The SMILES string of the molecule is C[C@@H](N)c1cccnc1N1CCN(c2nccs2)CC1. The van der Waals surface area contributed by atoms with Crippen LogP contribution in [0.4, 0.5) is 10.9 Å². The quantitative estimate of drug-likeness (QED) is 0.935. The van der Waals surface area contributed by atoms with Crippen LogP contribution in [0.3, 0.4) is 0 Å². The zero-order valence-corrected chi connectivity index (χ0v) is 12.4. The molecule has 3 heterocycles. The molecule has 1 atom stereocenters. The molecule has 106 valence electrons. The Hall–Kier alpha value is -1.66. The number of aromatic nitrogens is 2. The van der Waals surface area contributed by atoms with Gasteiger partial charge in [0.2, 0.25) is 0 Å². The first-order chi connectivity index (χ1) is 9.75. The van der Waals surface area contributed by atoms with E-state index in [1.54, 1.807) is 11.3 Å². The fraction of sp³-hybridized carbons (Fsp3) is 0.429. The van der Waals surface area contributed by atoms with Crippen LogP contribution in [0.1, 0.15) is 18.5 Å². The van der Waals surface area contributed by atoms with Gasteiger partial charge in [-0.1, -0.05) is 6.07 Å². The molecule has 1 aliphatic rings. The lowest BCUT2D eigenvalue weighted by atomic mass is 10.1. The third kappa shape index (κ3) is 2.62. The van der Waals surface area contributed by atoms with Gasteiger partial charge >= 0.3 is 0 Å². The highest BCUT2D eigenvalue weighted by molar-refractivity contribution is 7.13. The van der Waals surface area contributed by atoms with E-state index in [1.165, 1.54) is 0 Å². The molecule has 1 aliphatic heterocycles. The van der Waals surface area contributed by atoms with E-state index in [4.69, 9.17) is 5.73 Å². The second-order valence-electron chi connectivity index (χ2n) is 4.99. The molecule has 2 aromatic rings. The lowest BCUT2D eigenvalue weighted by molar-refractivity contribution is 0.639. The summed E-state index contributed by atoms with van der Waals surface area (Å²) in [6.45, 7) is 5.86. The van der Waals surface area contributed by atoms with Crippen molar-refractivity contribution in [3.63, 3.8) is 0 Å². The summed E-state index contributed by atoms with van der Waals surface area (Å²) in [5, 5.41) is 3.13. The smallest absolute Gasteiger partial charge is 0.185 e. The second-order valence-corrected chi connectivity index (χ2v) is 5.87. The Bertz CT molecular complexity index is 546. The van der Waals surface area contributed by atoms with Crippen LogP contribution < -0.4 is 15.5 Å². The Balaban J connectivity index is 1.72. The number of pyridine rings is 1. The monoisotopic (exact) mass is 289 g/mol. The maximum absolute atomic E-state index is 6.04. The molecule has 6 heteroatoms. The van der Waals surface area contributed by atoms with Gasteiger partial charge in [-0.2, -0.15) is 0 Å². The molecule has 0 spiro atoms. The minimum atomic E-state index is 0.00990. The summed E-state index contributed by atoms with van der Waals surface area (Å²) in [6, 6.07) is 4.03. The molecule has 3 rings (SSSR count). The Kier molecular flexibility index (Phi) is 3.84. The zero-order valence-electron chi connectivity index (χ0n) is 11.6. The lowest BCUT2D eigenvalue weighted by Crippen LogP contribution is -2.47. The topological polar surface area (TPSA) is 58.3 Å². The number of piperazine rings is 1. The third-order valence-corrected chi connectivity index (χ3v) is 4.41. The number of hydrogen-bond donors (Lipinski definition) is 1. The van der Waals surface area contributed by atoms with Crippen LogP contribution in [-0.4, -0.2) is 36.1 Å². The van der Waals surface area contributed by atoms with Crippen molar-refractivity contribution >= 4 is 22.3 Å². The molecule has 20 heavy (non-hydrogen) atoms. The Labute approximate surface area is 123 Å². The summed E-state index contributed by atoms with van der Waals surface area (Å²) in [7, 11) is 0. The van der Waals surface area contributed by atoms with Crippen LogP contribution in [0.5, 0.6) is 0 Å². The number of rotatable bonds is 3. The standard InChI is InChI=1S/C14H19N5S/c1-11(15)12-3-2-4-16-13(12)18-6-8-19(9-7-18)14-17-5-10-20-14/h2-5,10-11H,6-9,15H2,1H3/t11-/m1/s1. The Morgan fingerprint density at radius 1 is 1.15 bits per heavy atom. The first-order valence-electron chi connectivity index (χ1n) is 6.85. The van der Waals surface area contributed by atoms with Gasteiger partial charge in [-0.15, -0.1) is 11.3 Å². The molecule has 1 fully saturated rings. The van der Waals surface area contributed by atoms with Gasteiger partial charge in [-0.05, 0) is 13.0 Å². The summed E-state index contributed by atoms with van der Waals surface area (Å²) in [4.78, 5) is 13.6. The normalized spacial score (nSPS) is 17.3. The average molecular weight is 289 g/mol. The molecular weight excluding hydrogens is 270 g/mol. The van der Waals surface area contributed by atoms with E-state index >= 15 is 0 Å². The van der Waals surface area contributed by atoms with E-state index in [0.717, 1.165) is 42.7 Å². The van der Waals surface area contributed by atoms with E-state index in [2.05, 4.69) is 25.8 Å². The minimum absolute atomic E-state index is 0.00990. The Morgan fingerprint density at radius 2 is 1.90 bits per heavy atom. The highest BCUT2D eigenvalue weighted by Gasteiger charge is 2.22. The van der Waals surface area contributed by atoms with Gasteiger partial charge in [0.25, 0.3) is 0 Å². The fourth-order valence-electron chi connectivity index (χ4n) is 2.51. The first kappa shape index (κ1) is 13.3. The highest BCUT2D eigenvalue weighted by Crippen LogP contribution is 2.25. The van der Waals surface area contributed by atoms with E-state index in [-0.39, 0.29) is 6.04 Å². The first-order valence-corrected chi connectivity index (χ1v) is 7.73. The number of anilines is 2. The maximum Gasteiger partial charge on any atom is 0.185 e. The van der Waals surface area contributed by atoms with Crippen LogP contribution in [-0.2, 0) is 0 Å². The van der Waals surface area contributed by atoms with Crippen molar-refractivity contribution in [1.29, 1.82) is 0 Å². The number of thiazole rings is 1. The van der Waals surface area contributed by atoms with Gasteiger partial charge in [0.1, 0.15) is 5.82 Å². The predicted octanol–water partition coefficient (Wildman–Crippen LogP) is 1.88. The van der Waals surface area contributed by atoms with Crippen LogP contribution in [0.2, 0.25) is 0 Å². The summed E-state index contributed by atoms with van der Waals surface area (Å²) in [6.07, 6.45) is 3.70. The number of nitrogens with zero attached hydrogens (tertiary/aromatic N) is 4. The van der Waals surface area contributed by atoms with Gasteiger partial charge in [-0.25, -0.2) is 9.97 Å². The second kappa shape index (κ2) is 5.76. The van der Waals surface area contributed by atoms with Crippen molar-refractivity contribution < 1.29 is 0 Å². The molecule has 0 unspecified atom stereocenters. The molecule has 2 N–H and O–H groups in total. The fourth-order valence-corrected chi connectivity index (χ4v) is 3.21. The van der Waals surface area contributed by atoms with Gasteiger partial charge in [0.15, 0.2) is 5.13 Å². The molecule has 0 saturated carbocycles. The molecule has 0 amide bonds. The van der Waals surface area contributed by atoms with E-state index < -0.39 is 0 Å². The molecule has 0 aromatic carbocycles. The molecule has 0 bridgehead atoms. The van der Waals surface area contributed by atoms with Crippen molar-refractivity contribution in [2.24, 2.45) is 5.73 Å². The zero-order chi connectivity index (χ0) is 13.9. The van der Waals surface area contributed by atoms with Crippen LogP contribution in [0.25, 0.3) is 0 Å². The predicted molar refractivity (Wildman–Crippen MR) is 83.4 cm³/mol. The van der Waals surface area contributed by atoms with E-state index in [0.29, 0.717) is 0 Å². The summed E-state index contributed by atoms with van der Waals surface area (Å²) >= 11 is 1.70. The van der Waals surface area contributed by atoms with Crippen LogP contribution in [0, 0.1) is 0 Å². The summed E-state index contributed by atoms with van der Waals surface area (Å²) in [5.74, 6) is 1.03. The number of hydrogen-bond acceptors (Lipinski definition) is 6. The minimum Gasteiger partial charge on any atom is -0.353 e. The average Bonchev–Trinajstić information content (AvgIpc) is 3.02. The molecule has 2 aromatic heterocycles. The summed E-state index contributed by atoms with van der Waals surface area (Å²) in [5.41, 5.74) is 7.16. The van der Waals surface area contributed by atoms with Crippen LogP contribution in [0.15, 0.2) is 29.9 Å². The van der Waals surface area contributed by atoms with Crippen molar-refractivity contribution in [2.45, 2.75) is 13.0 Å². The van der Waals surface area contributed by atoms with Crippen molar-refractivity contribution in [1.82, 2.24) is 9.97 Å². The summed E-state index contributed by atoms with van der Waals surface area (Å²) < 4.78 is 0. The third-order valence-electron chi connectivity index (χ3n) is 3.58. The highest BCUT2D eigenvalue weighted by atomic mass is 32.1. The molecule has 1 saturated heterocycles. The van der Waals surface area contributed by atoms with Gasteiger partial charge in [-0.3, -0.25) is 0 Å². The molecule has 5 nitrogen and oxygen atoms in total. The maximum atomic E-state index is 6.04. The Morgan fingerprint density at radius 3 is 2.55 bits per heavy atom. The van der Waals surface area contributed by atoms with Crippen molar-refractivity contribution in [3.8, 4) is 0 Å². The van der Waals surface area contributed by atoms with Crippen molar-refractivity contribution in [2.75, 3.05) is 36.0 Å². The molecule has 0 aliphatic carbocycles. The van der Waals surface area contributed by atoms with E-state index in [9.17, 15) is 0 Å². The molecular formula is C14H19N5S. The van der Waals surface area contributed by atoms with Crippen molar-refractivity contribution in [3.05, 3.63) is 35.5 Å². The molecule has 0 radical (unpaired) electrons. The largest absolute Gasteiger partial charge is 0.353 e. The lowest BCUT2D eigenvalue weighted by Gasteiger charge is -2.36.